The van der Waals surface area contributed by atoms with Crippen LogP contribution in [0.5, 0.6) is 0 Å². The second-order valence-electron chi connectivity index (χ2n) is 8.89. The molecule has 31 heavy (non-hydrogen) atoms. The quantitative estimate of drug-likeness (QED) is 0.557. The Morgan fingerprint density at radius 1 is 0.806 bits per heavy atom. The predicted octanol–water partition coefficient (Wildman–Crippen LogP) is 4.78. The lowest BCUT2D eigenvalue weighted by molar-refractivity contribution is 0.123. The van der Waals surface area contributed by atoms with Crippen LogP contribution in [0.4, 0.5) is 0 Å². The van der Waals surface area contributed by atoms with Gasteiger partial charge in [-0.05, 0) is 49.5 Å². The third-order valence-electron chi connectivity index (χ3n) is 6.64. The van der Waals surface area contributed by atoms with Crippen molar-refractivity contribution < 1.29 is 5.11 Å². The van der Waals surface area contributed by atoms with Crippen LogP contribution in [0.15, 0.2) is 91.0 Å². The van der Waals surface area contributed by atoms with E-state index in [1.54, 1.807) is 0 Å². The second kappa shape index (κ2) is 10.2. The van der Waals surface area contributed by atoms with Gasteiger partial charge in [0.15, 0.2) is 0 Å². The summed E-state index contributed by atoms with van der Waals surface area (Å²) in [6, 6.07) is 33.0. The van der Waals surface area contributed by atoms with Gasteiger partial charge in [0.25, 0.3) is 0 Å². The first-order valence-electron chi connectivity index (χ1n) is 11.5. The molecule has 0 aromatic heterocycles. The van der Waals surface area contributed by atoms with E-state index in [9.17, 15) is 5.11 Å². The topological polar surface area (TPSA) is 35.5 Å². The molecule has 1 saturated heterocycles. The van der Waals surface area contributed by atoms with Gasteiger partial charge < -0.3 is 10.4 Å². The van der Waals surface area contributed by atoms with Crippen molar-refractivity contribution in [1.29, 1.82) is 0 Å². The van der Waals surface area contributed by atoms with Gasteiger partial charge in [0.05, 0.1) is 12.1 Å². The highest BCUT2D eigenvalue weighted by atomic mass is 16.3. The average Bonchev–Trinajstić information content (AvgIpc) is 2.82. The maximum Gasteiger partial charge on any atom is 0.0636 e. The summed E-state index contributed by atoms with van der Waals surface area (Å²) >= 11 is 0. The molecule has 1 heterocycles. The fraction of sp³-hybridized carbons (Fsp3) is 0.357. The van der Waals surface area contributed by atoms with Crippen molar-refractivity contribution in [2.24, 2.45) is 0 Å². The van der Waals surface area contributed by atoms with Crippen molar-refractivity contribution in [2.75, 3.05) is 26.2 Å². The van der Waals surface area contributed by atoms with Gasteiger partial charge >= 0.3 is 0 Å². The van der Waals surface area contributed by atoms with Crippen LogP contribution < -0.4 is 5.32 Å². The largest absolute Gasteiger partial charge is 0.392 e. The summed E-state index contributed by atoms with van der Waals surface area (Å²) in [7, 11) is 0. The smallest absolute Gasteiger partial charge is 0.0636 e. The van der Waals surface area contributed by atoms with Crippen LogP contribution in [0.3, 0.4) is 0 Å². The first-order valence-corrected chi connectivity index (χ1v) is 11.5. The molecule has 1 atom stereocenters. The Balaban J connectivity index is 1.57. The van der Waals surface area contributed by atoms with Crippen LogP contribution in [0.25, 0.3) is 0 Å². The van der Waals surface area contributed by atoms with Gasteiger partial charge in [-0.15, -0.1) is 0 Å². The SMILES string of the molecule is CC(O)CNCC1(c2ccccc2)CCN(C(c2ccccc2)c2ccccc2)CC1. The Morgan fingerprint density at radius 2 is 1.29 bits per heavy atom. The first kappa shape index (κ1) is 21.8. The van der Waals surface area contributed by atoms with Gasteiger partial charge in [-0.1, -0.05) is 91.0 Å². The maximum atomic E-state index is 9.73. The zero-order chi connectivity index (χ0) is 21.5. The molecule has 0 bridgehead atoms. The lowest BCUT2D eigenvalue weighted by Crippen LogP contribution is -2.49. The molecule has 3 nitrogen and oxygen atoms in total. The number of nitrogens with one attached hydrogen (secondary N) is 1. The van der Waals surface area contributed by atoms with Crippen molar-refractivity contribution in [2.45, 2.75) is 37.3 Å². The minimum absolute atomic E-state index is 0.102. The van der Waals surface area contributed by atoms with E-state index in [0.29, 0.717) is 6.54 Å². The zero-order valence-electron chi connectivity index (χ0n) is 18.5. The summed E-state index contributed by atoms with van der Waals surface area (Å²) in [4.78, 5) is 2.64. The number of nitrogens with zero attached hydrogens (tertiary/aromatic N) is 1. The van der Waals surface area contributed by atoms with Crippen LogP contribution in [0, 0.1) is 0 Å². The minimum Gasteiger partial charge on any atom is -0.392 e. The molecule has 1 aliphatic rings. The number of hydrogen-bond donors (Lipinski definition) is 2. The fourth-order valence-corrected chi connectivity index (χ4v) is 4.97. The van der Waals surface area contributed by atoms with Crippen molar-refractivity contribution in [3.8, 4) is 0 Å². The number of aliphatic hydroxyl groups is 1. The van der Waals surface area contributed by atoms with Crippen LogP contribution in [-0.4, -0.2) is 42.3 Å². The Hall–Kier alpha value is -2.46. The van der Waals surface area contributed by atoms with E-state index in [2.05, 4.69) is 101 Å². The first-order chi connectivity index (χ1) is 15.2. The normalized spacial score (nSPS) is 17.5. The van der Waals surface area contributed by atoms with E-state index in [1.165, 1.54) is 16.7 Å². The molecule has 1 unspecified atom stereocenters. The van der Waals surface area contributed by atoms with Crippen molar-refractivity contribution in [3.05, 3.63) is 108 Å². The molecule has 3 aromatic rings. The highest BCUT2D eigenvalue weighted by molar-refractivity contribution is 5.33. The zero-order valence-corrected chi connectivity index (χ0v) is 18.5. The highest BCUT2D eigenvalue weighted by Crippen LogP contribution is 2.39. The monoisotopic (exact) mass is 414 g/mol. The summed E-state index contributed by atoms with van der Waals surface area (Å²) in [6.07, 6.45) is 1.87. The molecule has 0 amide bonds. The molecule has 0 saturated carbocycles. The number of hydrogen-bond acceptors (Lipinski definition) is 3. The number of benzene rings is 3. The van der Waals surface area contributed by atoms with E-state index in [1.807, 2.05) is 6.92 Å². The van der Waals surface area contributed by atoms with Gasteiger partial charge in [0.2, 0.25) is 0 Å². The Labute approximate surface area is 186 Å². The standard InChI is InChI=1S/C28H34N2O/c1-23(31)21-29-22-28(26-15-9-4-10-16-26)17-19-30(20-18-28)27(24-11-5-2-6-12-24)25-13-7-3-8-14-25/h2-16,23,27,29,31H,17-22H2,1H3. The molecule has 1 aliphatic heterocycles. The van der Waals surface area contributed by atoms with E-state index < -0.39 is 0 Å². The number of rotatable bonds is 8. The lowest BCUT2D eigenvalue weighted by atomic mass is 9.72. The molecular formula is C28H34N2O. The van der Waals surface area contributed by atoms with Crippen molar-refractivity contribution >= 4 is 0 Å². The maximum absolute atomic E-state index is 9.73. The van der Waals surface area contributed by atoms with Gasteiger partial charge in [-0.2, -0.15) is 0 Å². The van der Waals surface area contributed by atoms with E-state index in [0.717, 1.165) is 32.5 Å². The third kappa shape index (κ3) is 5.24. The van der Waals surface area contributed by atoms with Gasteiger partial charge in [-0.3, -0.25) is 4.90 Å². The summed E-state index contributed by atoms with van der Waals surface area (Å²) < 4.78 is 0. The number of aliphatic hydroxyl groups excluding tert-OH is 1. The van der Waals surface area contributed by atoms with Gasteiger partial charge in [0, 0.05) is 18.5 Å². The number of piperidine rings is 1. The Morgan fingerprint density at radius 3 is 1.77 bits per heavy atom. The van der Waals surface area contributed by atoms with Crippen LogP contribution in [-0.2, 0) is 5.41 Å². The second-order valence-corrected chi connectivity index (χ2v) is 8.89. The summed E-state index contributed by atoms with van der Waals surface area (Å²) in [5, 5.41) is 13.3. The van der Waals surface area contributed by atoms with Crippen LogP contribution in [0.1, 0.15) is 42.5 Å². The Bertz CT molecular complexity index is 864. The minimum atomic E-state index is -0.326. The molecular weight excluding hydrogens is 380 g/mol. The Kier molecular flexibility index (Phi) is 7.18. The molecule has 0 radical (unpaired) electrons. The highest BCUT2D eigenvalue weighted by Gasteiger charge is 2.38. The number of likely N-dealkylation sites (tertiary alicyclic amines) is 1. The molecule has 162 valence electrons. The summed E-state index contributed by atoms with van der Waals surface area (Å²) in [5.74, 6) is 0. The molecule has 4 rings (SSSR count). The van der Waals surface area contributed by atoms with Crippen LogP contribution >= 0.6 is 0 Å². The van der Waals surface area contributed by atoms with E-state index in [-0.39, 0.29) is 17.6 Å². The van der Waals surface area contributed by atoms with Gasteiger partial charge in [-0.25, -0.2) is 0 Å². The van der Waals surface area contributed by atoms with E-state index in [4.69, 9.17) is 0 Å². The molecule has 3 heteroatoms. The third-order valence-corrected chi connectivity index (χ3v) is 6.64. The van der Waals surface area contributed by atoms with Crippen LogP contribution in [0.2, 0.25) is 0 Å². The molecule has 3 aromatic carbocycles. The van der Waals surface area contributed by atoms with Crippen molar-refractivity contribution in [1.82, 2.24) is 10.2 Å². The summed E-state index contributed by atoms with van der Waals surface area (Å²) in [6.45, 7) is 5.46. The van der Waals surface area contributed by atoms with Gasteiger partial charge in [0.1, 0.15) is 0 Å². The summed E-state index contributed by atoms with van der Waals surface area (Å²) in [5.41, 5.74) is 4.22. The molecule has 0 aliphatic carbocycles. The lowest BCUT2D eigenvalue weighted by Gasteiger charge is -2.45. The fourth-order valence-electron chi connectivity index (χ4n) is 4.97. The molecule has 2 N–H and O–H groups in total. The molecule has 0 spiro atoms. The van der Waals surface area contributed by atoms with Crippen molar-refractivity contribution in [3.63, 3.8) is 0 Å². The van der Waals surface area contributed by atoms with E-state index >= 15 is 0 Å². The average molecular weight is 415 g/mol. The predicted molar refractivity (Wildman–Crippen MR) is 128 cm³/mol. The molecule has 1 fully saturated rings.